The Balaban J connectivity index is 1.61. The Kier molecular flexibility index (Phi) is 6.93. The Morgan fingerprint density at radius 3 is 2.10 bits per heavy atom. The Labute approximate surface area is 181 Å². The van der Waals surface area contributed by atoms with Crippen molar-refractivity contribution in [1.82, 2.24) is 10.6 Å². The molecule has 0 aliphatic carbocycles. The second-order valence-electron chi connectivity index (χ2n) is 7.06. The van der Waals surface area contributed by atoms with Crippen molar-refractivity contribution in [3.63, 3.8) is 0 Å². The van der Waals surface area contributed by atoms with Crippen molar-refractivity contribution in [2.75, 3.05) is 5.32 Å². The van der Waals surface area contributed by atoms with E-state index in [0.717, 1.165) is 11.1 Å². The Hall–Kier alpha value is -3.51. The molecule has 0 aromatic heterocycles. The van der Waals surface area contributed by atoms with Crippen molar-refractivity contribution in [2.45, 2.75) is 19.9 Å². The minimum atomic E-state index is -0.305. The van der Waals surface area contributed by atoms with Crippen molar-refractivity contribution in [3.05, 3.63) is 90.0 Å². The van der Waals surface area contributed by atoms with Crippen LogP contribution >= 0.6 is 12.2 Å². The monoisotopic (exact) mass is 417 g/mol. The van der Waals surface area contributed by atoms with Crippen molar-refractivity contribution >= 4 is 34.8 Å². The summed E-state index contributed by atoms with van der Waals surface area (Å²) in [6, 6.07) is 24.3. The number of carbonyl (C=O) groups is 2. The minimum Gasteiger partial charge on any atom is -0.350 e. The van der Waals surface area contributed by atoms with Gasteiger partial charge in [0.05, 0.1) is 0 Å². The van der Waals surface area contributed by atoms with Crippen LogP contribution in [0.3, 0.4) is 0 Å². The molecule has 0 unspecified atom stereocenters. The summed E-state index contributed by atoms with van der Waals surface area (Å²) in [7, 11) is 0. The van der Waals surface area contributed by atoms with Gasteiger partial charge in [0.2, 0.25) is 0 Å². The molecule has 3 aromatic rings. The first-order valence-electron chi connectivity index (χ1n) is 9.61. The van der Waals surface area contributed by atoms with Gasteiger partial charge in [-0.05, 0) is 67.5 Å². The molecule has 0 saturated heterocycles. The number of nitrogens with one attached hydrogen (secondary N) is 3. The molecule has 0 atom stereocenters. The molecule has 3 aromatic carbocycles. The van der Waals surface area contributed by atoms with Crippen LogP contribution < -0.4 is 16.0 Å². The van der Waals surface area contributed by atoms with Crippen molar-refractivity contribution in [2.24, 2.45) is 0 Å². The third-order valence-corrected chi connectivity index (χ3v) is 4.49. The molecule has 3 rings (SSSR count). The van der Waals surface area contributed by atoms with E-state index in [-0.39, 0.29) is 23.0 Å². The highest BCUT2D eigenvalue weighted by Gasteiger charge is 2.11. The first kappa shape index (κ1) is 21.2. The predicted molar refractivity (Wildman–Crippen MR) is 125 cm³/mol. The van der Waals surface area contributed by atoms with Crippen molar-refractivity contribution in [3.8, 4) is 11.1 Å². The smallest absolute Gasteiger partial charge is 0.257 e. The average molecular weight is 418 g/mol. The molecule has 30 heavy (non-hydrogen) atoms. The van der Waals surface area contributed by atoms with E-state index in [9.17, 15) is 9.59 Å². The van der Waals surface area contributed by atoms with Crippen molar-refractivity contribution in [1.29, 1.82) is 0 Å². The van der Waals surface area contributed by atoms with Gasteiger partial charge < -0.3 is 10.6 Å². The molecule has 0 aliphatic rings. The Morgan fingerprint density at radius 1 is 0.767 bits per heavy atom. The number of benzene rings is 3. The highest BCUT2D eigenvalue weighted by Crippen LogP contribution is 2.19. The molecule has 0 spiro atoms. The second kappa shape index (κ2) is 9.80. The van der Waals surface area contributed by atoms with Gasteiger partial charge in [-0.2, -0.15) is 0 Å². The van der Waals surface area contributed by atoms with E-state index >= 15 is 0 Å². The fraction of sp³-hybridized carbons (Fsp3) is 0.125. The summed E-state index contributed by atoms with van der Waals surface area (Å²) in [5, 5.41) is 8.61. The summed E-state index contributed by atoms with van der Waals surface area (Å²) in [5.41, 5.74) is 3.76. The summed E-state index contributed by atoms with van der Waals surface area (Å²) in [6.07, 6.45) is 0. The van der Waals surface area contributed by atoms with Gasteiger partial charge in [0.1, 0.15) is 0 Å². The number of amides is 2. The molecule has 152 valence electrons. The maximum atomic E-state index is 12.5. The zero-order valence-corrected chi connectivity index (χ0v) is 17.6. The van der Waals surface area contributed by atoms with Crippen LogP contribution in [0.2, 0.25) is 0 Å². The second-order valence-corrected chi connectivity index (χ2v) is 7.47. The summed E-state index contributed by atoms with van der Waals surface area (Å²) in [4.78, 5) is 24.6. The highest BCUT2D eigenvalue weighted by molar-refractivity contribution is 7.80. The topological polar surface area (TPSA) is 70.2 Å². The normalized spacial score (nSPS) is 10.4. The number of carbonyl (C=O) groups excluding carboxylic acids is 2. The van der Waals surface area contributed by atoms with E-state index in [1.807, 2.05) is 56.3 Å². The van der Waals surface area contributed by atoms with Gasteiger partial charge in [0.15, 0.2) is 5.11 Å². The fourth-order valence-electron chi connectivity index (χ4n) is 2.87. The lowest BCUT2D eigenvalue weighted by molar-refractivity contribution is 0.0941. The van der Waals surface area contributed by atoms with Gasteiger partial charge in [0.25, 0.3) is 11.8 Å². The number of rotatable bonds is 5. The predicted octanol–water partition coefficient (Wildman–Crippen LogP) is 4.62. The van der Waals surface area contributed by atoms with Crippen LogP contribution in [0.25, 0.3) is 11.1 Å². The van der Waals surface area contributed by atoms with Gasteiger partial charge in [-0.3, -0.25) is 14.9 Å². The number of hydrogen-bond donors (Lipinski definition) is 3. The van der Waals surface area contributed by atoms with Crippen LogP contribution in [0.4, 0.5) is 5.69 Å². The molecular weight excluding hydrogens is 394 g/mol. The molecule has 0 aliphatic heterocycles. The number of anilines is 1. The SMILES string of the molecule is CC(C)NC(=O)c1cccc(NC(=S)NC(=O)c2ccc(-c3ccccc3)cc2)c1. The lowest BCUT2D eigenvalue weighted by Gasteiger charge is -2.12. The minimum absolute atomic E-state index is 0.0442. The van der Waals surface area contributed by atoms with E-state index in [4.69, 9.17) is 12.2 Å². The van der Waals surface area contributed by atoms with Crippen molar-refractivity contribution < 1.29 is 9.59 Å². The highest BCUT2D eigenvalue weighted by atomic mass is 32.1. The molecular formula is C24H23N3O2S. The Bertz CT molecular complexity index is 1050. The molecule has 0 fully saturated rings. The van der Waals surface area contributed by atoms with E-state index in [1.165, 1.54) is 0 Å². The van der Waals surface area contributed by atoms with Crippen LogP contribution in [-0.4, -0.2) is 23.0 Å². The maximum absolute atomic E-state index is 12.5. The van der Waals surface area contributed by atoms with E-state index in [2.05, 4.69) is 16.0 Å². The zero-order valence-electron chi connectivity index (χ0n) is 16.8. The van der Waals surface area contributed by atoms with Crippen LogP contribution in [0.15, 0.2) is 78.9 Å². The van der Waals surface area contributed by atoms with E-state index in [0.29, 0.717) is 16.8 Å². The zero-order chi connectivity index (χ0) is 21.5. The summed E-state index contributed by atoms with van der Waals surface area (Å²) in [6.45, 7) is 3.80. The summed E-state index contributed by atoms with van der Waals surface area (Å²) >= 11 is 5.25. The summed E-state index contributed by atoms with van der Waals surface area (Å²) < 4.78 is 0. The van der Waals surface area contributed by atoms with Gasteiger partial charge in [-0.1, -0.05) is 48.5 Å². The van der Waals surface area contributed by atoms with Crippen LogP contribution in [-0.2, 0) is 0 Å². The standard InChI is InChI=1S/C24H23N3O2S/c1-16(2)25-23(29)20-9-6-10-21(15-20)26-24(30)27-22(28)19-13-11-18(12-14-19)17-7-4-3-5-8-17/h3-16H,1-2H3,(H,25,29)(H2,26,27,28,30). The van der Waals surface area contributed by atoms with Crippen LogP contribution in [0.1, 0.15) is 34.6 Å². The van der Waals surface area contributed by atoms with E-state index < -0.39 is 0 Å². The first-order valence-corrected chi connectivity index (χ1v) is 10.0. The quantitative estimate of drug-likeness (QED) is 0.530. The molecule has 0 bridgehead atoms. The lowest BCUT2D eigenvalue weighted by atomic mass is 10.0. The number of hydrogen-bond acceptors (Lipinski definition) is 3. The summed E-state index contributed by atoms with van der Waals surface area (Å²) in [5.74, 6) is -0.470. The van der Waals surface area contributed by atoms with Gasteiger partial charge >= 0.3 is 0 Å². The molecule has 0 saturated carbocycles. The Morgan fingerprint density at radius 2 is 1.43 bits per heavy atom. The van der Waals surface area contributed by atoms with Crippen LogP contribution in [0.5, 0.6) is 0 Å². The van der Waals surface area contributed by atoms with Gasteiger partial charge in [-0.15, -0.1) is 0 Å². The largest absolute Gasteiger partial charge is 0.350 e. The van der Waals surface area contributed by atoms with Gasteiger partial charge in [0, 0.05) is 22.9 Å². The van der Waals surface area contributed by atoms with Crippen LogP contribution in [0, 0.1) is 0 Å². The molecule has 0 radical (unpaired) electrons. The average Bonchev–Trinajstić information content (AvgIpc) is 2.74. The maximum Gasteiger partial charge on any atom is 0.257 e. The fourth-order valence-corrected chi connectivity index (χ4v) is 3.08. The lowest BCUT2D eigenvalue weighted by Crippen LogP contribution is -2.34. The molecule has 6 heteroatoms. The first-order chi connectivity index (χ1) is 14.4. The molecule has 0 heterocycles. The molecule has 5 nitrogen and oxygen atoms in total. The molecule has 3 N–H and O–H groups in total. The van der Waals surface area contributed by atoms with E-state index in [1.54, 1.807) is 36.4 Å². The third kappa shape index (κ3) is 5.75. The van der Waals surface area contributed by atoms with Gasteiger partial charge in [-0.25, -0.2) is 0 Å². The molecule has 2 amide bonds. The number of thiocarbonyl (C=S) groups is 1. The third-order valence-electron chi connectivity index (χ3n) is 4.28.